The van der Waals surface area contributed by atoms with Gasteiger partial charge in [-0.1, -0.05) is 34.1 Å². The van der Waals surface area contributed by atoms with E-state index in [0.29, 0.717) is 6.04 Å². The van der Waals surface area contributed by atoms with Crippen LogP contribution in [0.25, 0.3) is 0 Å². The molecule has 1 aromatic rings. The molecule has 0 spiro atoms. The summed E-state index contributed by atoms with van der Waals surface area (Å²) >= 11 is 0. The Labute approximate surface area is 122 Å². The van der Waals surface area contributed by atoms with Crippen LogP contribution in [0.4, 0.5) is 0 Å². The molecule has 1 unspecified atom stereocenters. The molecule has 0 saturated carbocycles. The van der Waals surface area contributed by atoms with Crippen LogP contribution >= 0.6 is 0 Å². The third-order valence-corrected chi connectivity index (χ3v) is 3.99. The number of nitrogens with zero attached hydrogens (tertiary/aromatic N) is 2. The molecule has 0 bridgehead atoms. The molecule has 1 fully saturated rings. The van der Waals surface area contributed by atoms with Crippen molar-refractivity contribution in [3.05, 3.63) is 17.8 Å². The molecule has 114 valence electrons. The molecule has 1 aliphatic rings. The van der Waals surface area contributed by atoms with E-state index in [4.69, 9.17) is 4.42 Å². The Morgan fingerprint density at radius 1 is 1.40 bits per heavy atom. The molecular weight excluding hydrogens is 250 g/mol. The molecule has 4 nitrogen and oxygen atoms in total. The SMILES string of the molecule is CCN(Cc1ncc(C(C)(C)C)o1)CC1CCCCN1. The molecular formula is C16H29N3O. The minimum absolute atomic E-state index is 0.0349. The van der Waals surface area contributed by atoms with Gasteiger partial charge in [0.2, 0.25) is 5.89 Å². The summed E-state index contributed by atoms with van der Waals surface area (Å²) in [6.45, 7) is 12.8. The fourth-order valence-corrected chi connectivity index (χ4v) is 2.62. The van der Waals surface area contributed by atoms with E-state index in [2.05, 4.69) is 42.9 Å². The molecule has 0 amide bonds. The third-order valence-electron chi connectivity index (χ3n) is 3.99. The quantitative estimate of drug-likeness (QED) is 0.900. The van der Waals surface area contributed by atoms with Crippen LogP contribution in [0.1, 0.15) is 58.6 Å². The first-order valence-electron chi connectivity index (χ1n) is 7.90. The molecule has 1 saturated heterocycles. The normalized spacial score (nSPS) is 20.6. The first-order chi connectivity index (χ1) is 9.49. The second-order valence-electron chi connectivity index (χ2n) is 6.84. The highest BCUT2D eigenvalue weighted by Crippen LogP contribution is 2.23. The predicted molar refractivity (Wildman–Crippen MR) is 81.8 cm³/mol. The van der Waals surface area contributed by atoms with E-state index in [-0.39, 0.29) is 5.41 Å². The standard InChI is InChI=1S/C16H29N3O/c1-5-19(11-13-8-6-7-9-17-13)12-15-18-10-14(20-15)16(2,3)4/h10,13,17H,5-9,11-12H2,1-4H3. The Hall–Kier alpha value is -0.870. The topological polar surface area (TPSA) is 41.3 Å². The van der Waals surface area contributed by atoms with Crippen molar-refractivity contribution in [2.45, 2.75) is 65.0 Å². The van der Waals surface area contributed by atoms with Crippen molar-refractivity contribution in [3.63, 3.8) is 0 Å². The maximum absolute atomic E-state index is 5.90. The number of hydrogen-bond donors (Lipinski definition) is 1. The largest absolute Gasteiger partial charge is 0.444 e. The minimum atomic E-state index is 0.0349. The highest BCUT2D eigenvalue weighted by atomic mass is 16.4. The van der Waals surface area contributed by atoms with Crippen LogP contribution in [0.3, 0.4) is 0 Å². The van der Waals surface area contributed by atoms with Crippen molar-refractivity contribution in [2.75, 3.05) is 19.6 Å². The fourth-order valence-electron chi connectivity index (χ4n) is 2.62. The van der Waals surface area contributed by atoms with Gasteiger partial charge in [-0.05, 0) is 25.9 Å². The summed E-state index contributed by atoms with van der Waals surface area (Å²) in [5.41, 5.74) is 0.0349. The molecule has 1 aliphatic heterocycles. The maximum atomic E-state index is 5.90. The number of nitrogens with one attached hydrogen (secondary N) is 1. The number of rotatable bonds is 5. The molecule has 0 aromatic carbocycles. The maximum Gasteiger partial charge on any atom is 0.208 e. The van der Waals surface area contributed by atoms with Crippen LogP contribution in [0.5, 0.6) is 0 Å². The monoisotopic (exact) mass is 279 g/mol. The van der Waals surface area contributed by atoms with E-state index in [9.17, 15) is 0 Å². The van der Waals surface area contributed by atoms with Gasteiger partial charge in [-0.3, -0.25) is 4.90 Å². The van der Waals surface area contributed by atoms with Crippen LogP contribution < -0.4 is 5.32 Å². The summed E-state index contributed by atoms with van der Waals surface area (Å²) in [7, 11) is 0. The van der Waals surface area contributed by atoms with Gasteiger partial charge in [-0.2, -0.15) is 0 Å². The molecule has 20 heavy (non-hydrogen) atoms. The van der Waals surface area contributed by atoms with Crippen molar-refractivity contribution in [1.29, 1.82) is 0 Å². The average Bonchev–Trinajstić information content (AvgIpc) is 2.87. The zero-order valence-electron chi connectivity index (χ0n) is 13.4. The molecule has 1 N–H and O–H groups in total. The second kappa shape index (κ2) is 6.72. The van der Waals surface area contributed by atoms with Crippen LogP contribution in [0, 0.1) is 0 Å². The van der Waals surface area contributed by atoms with E-state index in [1.54, 1.807) is 0 Å². The van der Waals surface area contributed by atoms with Gasteiger partial charge in [0.25, 0.3) is 0 Å². The highest BCUT2D eigenvalue weighted by molar-refractivity contribution is 5.06. The van der Waals surface area contributed by atoms with Crippen LogP contribution in [0.15, 0.2) is 10.6 Å². The Morgan fingerprint density at radius 3 is 2.75 bits per heavy atom. The Balaban J connectivity index is 1.90. The van der Waals surface area contributed by atoms with Gasteiger partial charge in [0.1, 0.15) is 5.76 Å². The van der Waals surface area contributed by atoms with Crippen LogP contribution in [-0.2, 0) is 12.0 Å². The van der Waals surface area contributed by atoms with E-state index < -0.39 is 0 Å². The molecule has 4 heteroatoms. The van der Waals surface area contributed by atoms with Crippen molar-refractivity contribution in [3.8, 4) is 0 Å². The van der Waals surface area contributed by atoms with Crippen LogP contribution in [0.2, 0.25) is 0 Å². The van der Waals surface area contributed by atoms with Crippen molar-refractivity contribution in [1.82, 2.24) is 15.2 Å². The first-order valence-corrected chi connectivity index (χ1v) is 7.90. The van der Waals surface area contributed by atoms with Gasteiger partial charge in [0.05, 0.1) is 12.7 Å². The van der Waals surface area contributed by atoms with E-state index >= 15 is 0 Å². The minimum Gasteiger partial charge on any atom is -0.444 e. The number of likely N-dealkylation sites (N-methyl/N-ethyl adjacent to an activating group) is 1. The van der Waals surface area contributed by atoms with Crippen molar-refractivity contribution in [2.24, 2.45) is 0 Å². The molecule has 0 radical (unpaired) electrons. The Kier molecular flexibility index (Phi) is 5.22. The summed E-state index contributed by atoms with van der Waals surface area (Å²) in [6.07, 6.45) is 5.83. The third kappa shape index (κ3) is 4.32. The highest BCUT2D eigenvalue weighted by Gasteiger charge is 2.21. The average molecular weight is 279 g/mol. The number of hydrogen-bond acceptors (Lipinski definition) is 4. The smallest absolute Gasteiger partial charge is 0.208 e. The summed E-state index contributed by atoms with van der Waals surface area (Å²) < 4.78 is 5.90. The van der Waals surface area contributed by atoms with Crippen LogP contribution in [-0.4, -0.2) is 35.6 Å². The molecule has 2 heterocycles. The number of oxazole rings is 1. The van der Waals surface area contributed by atoms with Crippen molar-refractivity contribution < 1.29 is 4.42 Å². The Bertz CT molecular complexity index is 402. The first kappa shape index (κ1) is 15.5. The number of aromatic nitrogens is 1. The fraction of sp³-hybridized carbons (Fsp3) is 0.812. The lowest BCUT2D eigenvalue weighted by molar-refractivity contribution is 0.205. The Morgan fingerprint density at radius 2 is 2.20 bits per heavy atom. The lowest BCUT2D eigenvalue weighted by Crippen LogP contribution is -2.43. The molecule has 2 rings (SSSR count). The van der Waals surface area contributed by atoms with E-state index in [1.807, 2.05) is 6.20 Å². The zero-order chi connectivity index (χ0) is 14.6. The summed E-state index contributed by atoms with van der Waals surface area (Å²) in [5.74, 6) is 1.81. The van der Waals surface area contributed by atoms with E-state index in [1.165, 1.54) is 19.3 Å². The summed E-state index contributed by atoms with van der Waals surface area (Å²) in [4.78, 5) is 6.85. The zero-order valence-corrected chi connectivity index (χ0v) is 13.4. The van der Waals surface area contributed by atoms with Crippen molar-refractivity contribution >= 4 is 0 Å². The lowest BCUT2D eigenvalue weighted by atomic mass is 9.94. The van der Waals surface area contributed by atoms with Gasteiger partial charge in [0.15, 0.2) is 0 Å². The predicted octanol–water partition coefficient (Wildman–Crippen LogP) is 2.94. The second-order valence-corrected chi connectivity index (χ2v) is 6.84. The van der Waals surface area contributed by atoms with Gasteiger partial charge in [-0.25, -0.2) is 4.98 Å². The molecule has 1 atom stereocenters. The van der Waals surface area contributed by atoms with E-state index in [0.717, 1.165) is 37.8 Å². The van der Waals surface area contributed by atoms with Gasteiger partial charge >= 0.3 is 0 Å². The lowest BCUT2D eigenvalue weighted by Gasteiger charge is -2.29. The molecule has 1 aromatic heterocycles. The molecule has 0 aliphatic carbocycles. The summed E-state index contributed by atoms with van der Waals surface area (Å²) in [5, 5.41) is 3.61. The van der Waals surface area contributed by atoms with Gasteiger partial charge < -0.3 is 9.73 Å². The van der Waals surface area contributed by atoms with Gasteiger partial charge in [-0.15, -0.1) is 0 Å². The van der Waals surface area contributed by atoms with Gasteiger partial charge in [0, 0.05) is 18.0 Å². The number of piperidine rings is 1. The summed E-state index contributed by atoms with van der Waals surface area (Å²) in [6, 6.07) is 0.626.